The summed E-state index contributed by atoms with van der Waals surface area (Å²) >= 11 is 8.92. The van der Waals surface area contributed by atoms with Crippen molar-refractivity contribution in [3.05, 3.63) is 56.0 Å². The Bertz CT molecular complexity index is 1000. The van der Waals surface area contributed by atoms with Gasteiger partial charge >= 0.3 is 0 Å². The molecule has 0 unspecified atom stereocenters. The summed E-state index contributed by atoms with van der Waals surface area (Å²) in [5.74, 6) is 0.387. The first-order valence-corrected chi connectivity index (χ1v) is 10.8. The molecule has 3 rings (SSSR count). The second kappa shape index (κ2) is 8.91. The lowest BCUT2D eigenvalue weighted by Gasteiger charge is -2.15. The SMILES string of the molecule is CC(C)Cn1c(SCC(=O)NCc2cccs2)nc2ccc(Cl)cc2c1=O. The van der Waals surface area contributed by atoms with Crippen LogP contribution in [0.4, 0.5) is 0 Å². The third kappa shape index (κ3) is 5.12. The number of nitrogens with one attached hydrogen (secondary N) is 1. The Balaban J connectivity index is 1.80. The van der Waals surface area contributed by atoms with Crippen LogP contribution in [-0.4, -0.2) is 21.2 Å². The molecule has 8 heteroatoms. The number of carbonyl (C=O) groups is 1. The van der Waals surface area contributed by atoms with E-state index in [1.165, 1.54) is 11.8 Å². The van der Waals surface area contributed by atoms with E-state index in [1.807, 2.05) is 31.4 Å². The number of hydrogen-bond acceptors (Lipinski definition) is 5. The van der Waals surface area contributed by atoms with E-state index in [0.29, 0.717) is 34.2 Å². The summed E-state index contributed by atoms with van der Waals surface area (Å²) < 4.78 is 1.64. The fourth-order valence-electron chi connectivity index (χ4n) is 2.59. The van der Waals surface area contributed by atoms with E-state index in [2.05, 4.69) is 10.3 Å². The zero-order valence-corrected chi connectivity index (χ0v) is 17.5. The lowest BCUT2D eigenvalue weighted by atomic mass is 10.2. The Labute approximate surface area is 170 Å². The predicted molar refractivity (Wildman–Crippen MR) is 113 cm³/mol. The number of carbonyl (C=O) groups excluding carboxylic acids is 1. The fourth-order valence-corrected chi connectivity index (χ4v) is 4.24. The Morgan fingerprint density at radius 1 is 1.37 bits per heavy atom. The number of fused-ring (bicyclic) bond motifs is 1. The average molecular weight is 422 g/mol. The molecule has 1 amide bonds. The largest absolute Gasteiger partial charge is 0.350 e. The van der Waals surface area contributed by atoms with Gasteiger partial charge in [-0.2, -0.15) is 0 Å². The van der Waals surface area contributed by atoms with Crippen molar-refractivity contribution in [3.63, 3.8) is 0 Å². The topological polar surface area (TPSA) is 64.0 Å². The van der Waals surface area contributed by atoms with Gasteiger partial charge in [-0.3, -0.25) is 14.2 Å². The molecule has 1 N–H and O–H groups in total. The third-order valence-corrected chi connectivity index (χ3v) is 5.89. The molecular formula is C19H20ClN3O2S2. The van der Waals surface area contributed by atoms with Gasteiger partial charge in [0, 0.05) is 16.4 Å². The highest BCUT2D eigenvalue weighted by Crippen LogP contribution is 2.21. The van der Waals surface area contributed by atoms with E-state index >= 15 is 0 Å². The van der Waals surface area contributed by atoms with Gasteiger partial charge in [-0.25, -0.2) is 4.98 Å². The number of halogens is 1. The molecule has 0 atom stereocenters. The molecule has 0 spiro atoms. The minimum atomic E-state index is -0.127. The molecule has 0 fully saturated rings. The van der Waals surface area contributed by atoms with Crippen molar-refractivity contribution in [2.24, 2.45) is 5.92 Å². The van der Waals surface area contributed by atoms with E-state index < -0.39 is 0 Å². The monoisotopic (exact) mass is 421 g/mol. The lowest BCUT2D eigenvalue weighted by Crippen LogP contribution is -2.27. The predicted octanol–water partition coefficient (Wildman–Crippen LogP) is 4.18. The van der Waals surface area contributed by atoms with Crippen LogP contribution in [0.3, 0.4) is 0 Å². The number of thiophene rings is 1. The maximum absolute atomic E-state index is 12.9. The molecule has 0 aliphatic rings. The van der Waals surface area contributed by atoms with Crippen molar-refractivity contribution in [1.82, 2.24) is 14.9 Å². The molecule has 0 radical (unpaired) electrons. The van der Waals surface area contributed by atoms with E-state index in [-0.39, 0.29) is 23.1 Å². The van der Waals surface area contributed by atoms with Crippen LogP contribution in [0.5, 0.6) is 0 Å². The molecule has 0 bridgehead atoms. The summed E-state index contributed by atoms with van der Waals surface area (Å²) in [6.07, 6.45) is 0. The van der Waals surface area contributed by atoms with Crippen molar-refractivity contribution in [1.29, 1.82) is 0 Å². The Morgan fingerprint density at radius 2 is 2.19 bits per heavy atom. The molecule has 2 aromatic heterocycles. The van der Waals surface area contributed by atoms with Gasteiger partial charge in [0.25, 0.3) is 5.56 Å². The highest BCUT2D eigenvalue weighted by Gasteiger charge is 2.14. The van der Waals surface area contributed by atoms with Gasteiger partial charge in [-0.1, -0.05) is 43.3 Å². The van der Waals surface area contributed by atoms with E-state index in [4.69, 9.17) is 11.6 Å². The van der Waals surface area contributed by atoms with Crippen LogP contribution < -0.4 is 10.9 Å². The first kappa shape index (κ1) is 19.9. The maximum Gasteiger partial charge on any atom is 0.262 e. The van der Waals surface area contributed by atoms with Crippen LogP contribution in [-0.2, 0) is 17.9 Å². The normalized spacial score (nSPS) is 11.3. The number of nitrogens with zero attached hydrogens (tertiary/aromatic N) is 2. The lowest BCUT2D eigenvalue weighted by molar-refractivity contribution is -0.118. The Hall–Kier alpha value is -1.83. The van der Waals surface area contributed by atoms with Gasteiger partial charge in [0.05, 0.1) is 23.2 Å². The smallest absolute Gasteiger partial charge is 0.262 e. The van der Waals surface area contributed by atoms with Gasteiger partial charge in [0.15, 0.2) is 5.16 Å². The van der Waals surface area contributed by atoms with E-state index in [9.17, 15) is 9.59 Å². The summed E-state index contributed by atoms with van der Waals surface area (Å²) in [4.78, 5) is 30.8. The maximum atomic E-state index is 12.9. The molecule has 0 aliphatic carbocycles. The van der Waals surface area contributed by atoms with Gasteiger partial charge in [0.1, 0.15) is 0 Å². The minimum absolute atomic E-state index is 0.0880. The number of hydrogen-bond donors (Lipinski definition) is 1. The first-order valence-electron chi connectivity index (χ1n) is 8.56. The van der Waals surface area contributed by atoms with Crippen LogP contribution in [0.25, 0.3) is 10.9 Å². The molecule has 0 saturated heterocycles. The Kier molecular flexibility index (Phi) is 6.57. The van der Waals surface area contributed by atoms with Crippen LogP contribution in [0.1, 0.15) is 18.7 Å². The molecule has 1 aromatic carbocycles. The molecular weight excluding hydrogens is 402 g/mol. The summed E-state index contributed by atoms with van der Waals surface area (Å²) in [6, 6.07) is 9.03. The number of aromatic nitrogens is 2. The van der Waals surface area contributed by atoms with Crippen LogP contribution in [0.15, 0.2) is 45.7 Å². The van der Waals surface area contributed by atoms with Gasteiger partial charge in [-0.05, 0) is 35.6 Å². The number of benzene rings is 1. The van der Waals surface area contributed by atoms with Crippen molar-refractivity contribution < 1.29 is 4.79 Å². The number of thioether (sulfide) groups is 1. The highest BCUT2D eigenvalue weighted by atomic mass is 35.5. The fraction of sp³-hybridized carbons (Fsp3) is 0.316. The molecule has 2 heterocycles. The highest BCUT2D eigenvalue weighted by molar-refractivity contribution is 7.99. The standard InChI is InChI=1S/C19H20ClN3O2S2/c1-12(2)10-23-18(25)15-8-13(20)5-6-16(15)22-19(23)27-11-17(24)21-9-14-4-3-7-26-14/h3-8,12H,9-11H2,1-2H3,(H,21,24). The second-order valence-corrected chi connectivity index (χ2v) is 8.92. The molecule has 5 nitrogen and oxygen atoms in total. The van der Waals surface area contributed by atoms with Crippen molar-refractivity contribution in [2.45, 2.75) is 32.1 Å². The van der Waals surface area contributed by atoms with Crippen LogP contribution >= 0.6 is 34.7 Å². The van der Waals surface area contributed by atoms with E-state index in [0.717, 1.165) is 4.88 Å². The zero-order chi connectivity index (χ0) is 19.4. The van der Waals surface area contributed by atoms with Crippen LogP contribution in [0.2, 0.25) is 5.02 Å². The molecule has 27 heavy (non-hydrogen) atoms. The second-order valence-electron chi connectivity index (χ2n) is 6.51. The minimum Gasteiger partial charge on any atom is -0.350 e. The number of rotatable bonds is 7. The third-order valence-electron chi connectivity index (χ3n) is 3.80. The van der Waals surface area contributed by atoms with Gasteiger partial charge in [0.2, 0.25) is 5.91 Å². The summed E-state index contributed by atoms with van der Waals surface area (Å²) in [6.45, 7) is 5.13. The average Bonchev–Trinajstić information content (AvgIpc) is 3.15. The molecule has 0 aliphatic heterocycles. The molecule has 0 saturated carbocycles. The quantitative estimate of drug-likeness (QED) is 0.459. The summed E-state index contributed by atoms with van der Waals surface area (Å²) in [5.41, 5.74) is 0.462. The zero-order valence-electron chi connectivity index (χ0n) is 15.1. The van der Waals surface area contributed by atoms with Crippen LogP contribution in [0, 0.1) is 5.92 Å². The molecule has 142 valence electrons. The Morgan fingerprint density at radius 3 is 2.89 bits per heavy atom. The van der Waals surface area contributed by atoms with Crippen molar-refractivity contribution in [2.75, 3.05) is 5.75 Å². The first-order chi connectivity index (χ1) is 12.9. The molecule has 3 aromatic rings. The van der Waals surface area contributed by atoms with E-state index in [1.54, 1.807) is 34.1 Å². The van der Waals surface area contributed by atoms with Gasteiger partial charge < -0.3 is 5.32 Å². The summed E-state index contributed by atoms with van der Waals surface area (Å²) in [5, 5.41) is 6.42. The summed E-state index contributed by atoms with van der Waals surface area (Å²) in [7, 11) is 0. The number of amides is 1. The van der Waals surface area contributed by atoms with Crippen molar-refractivity contribution in [3.8, 4) is 0 Å². The van der Waals surface area contributed by atoms with Gasteiger partial charge in [-0.15, -0.1) is 11.3 Å². The van der Waals surface area contributed by atoms with Crippen molar-refractivity contribution >= 4 is 51.5 Å².